The predicted molar refractivity (Wildman–Crippen MR) is 84.1 cm³/mol. The number of hydrogen-bond acceptors (Lipinski definition) is 2. The summed E-state index contributed by atoms with van der Waals surface area (Å²) in [6.07, 6.45) is 3.03. The second kappa shape index (κ2) is 6.40. The molecule has 1 aliphatic rings. The summed E-state index contributed by atoms with van der Waals surface area (Å²) in [6, 6.07) is 6.60. The number of carbonyl (C=O) groups excluding carboxylic acids is 1. The van der Waals surface area contributed by atoms with E-state index in [9.17, 15) is 4.79 Å². The molecular formula is C17H26N2O. The first-order valence-corrected chi connectivity index (χ1v) is 7.55. The van der Waals surface area contributed by atoms with Crippen LogP contribution in [-0.4, -0.2) is 25.5 Å². The van der Waals surface area contributed by atoms with Gasteiger partial charge < -0.3 is 10.2 Å². The number of nitrogens with zero attached hydrogens (tertiary/aromatic N) is 1. The fourth-order valence-corrected chi connectivity index (χ4v) is 3.00. The molecule has 1 aromatic carbocycles. The van der Waals surface area contributed by atoms with Crippen molar-refractivity contribution in [2.24, 2.45) is 5.92 Å². The van der Waals surface area contributed by atoms with Gasteiger partial charge in [-0.3, -0.25) is 4.79 Å². The van der Waals surface area contributed by atoms with Crippen molar-refractivity contribution >= 4 is 11.6 Å². The Labute approximate surface area is 122 Å². The highest BCUT2D eigenvalue weighted by Crippen LogP contribution is 2.22. The Bertz CT molecular complexity index is 464. The van der Waals surface area contributed by atoms with E-state index in [2.05, 4.69) is 44.3 Å². The van der Waals surface area contributed by atoms with E-state index in [4.69, 9.17) is 0 Å². The average molecular weight is 274 g/mol. The predicted octanol–water partition coefficient (Wildman–Crippen LogP) is 3.04. The molecule has 0 aromatic heterocycles. The third-order valence-electron chi connectivity index (χ3n) is 4.29. The van der Waals surface area contributed by atoms with Crippen LogP contribution in [-0.2, 0) is 4.79 Å². The number of carbonyl (C=O) groups is 1. The summed E-state index contributed by atoms with van der Waals surface area (Å²) >= 11 is 0. The summed E-state index contributed by atoms with van der Waals surface area (Å²) in [6.45, 7) is 7.41. The van der Waals surface area contributed by atoms with Crippen molar-refractivity contribution in [1.82, 2.24) is 5.32 Å². The van der Waals surface area contributed by atoms with E-state index in [-0.39, 0.29) is 5.91 Å². The fraction of sp³-hybridized carbons (Fsp3) is 0.588. The summed E-state index contributed by atoms with van der Waals surface area (Å²) < 4.78 is 0. The van der Waals surface area contributed by atoms with Crippen LogP contribution in [0.15, 0.2) is 18.2 Å². The molecule has 0 saturated carbocycles. The molecule has 1 saturated heterocycles. The third kappa shape index (κ3) is 3.60. The normalized spacial score (nSPS) is 22.6. The van der Waals surface area contributed by atoms with E-state index in [1.54, 1.807) is 4.90 Å². The van der Waals surface area contributed by atoms with E-state index < -0.39 is 0 Å². The van der Waals surface area contributed by atoms with E-state index in [0.29, 0.717) is 18.4 Å². The largest absolute Gasteiger partial charge is 0.315 e. The summed E-state index contributed by atoms with van der Waals surface area (Å²) in [5.74, 6) is 0.779. The summed E-state index contributed by atoms with van der Waals surface area (Å²) in [4.78, 5) is 14.3. The van der Waals surface area contributed by atoms with Crippen molar-refractivity contribution in [1.29, 1.82) is 0 Å². The Kier molecular flexibility index (Phi) is 4.81. The van der Waals surface area contributed by atoms with Gasteiger partial charge in [-0.25, -0.2) is 0 Å². The molecule has 2 atom stereocenters. The van der Waals surface area contributed by atoms with Crippen LogP contribution < -0.4 is 10.2 Å². The van der Waals surface area contributed by atoms with Gasteiger partial charge in [0.1, 0.15) is 0 Å². The van der Waals surface area contributed by atoms with Crippen molar-refractivity contribution in [3.05, 3.63) is 29.3 Å². The number of nitrogens with one attached hydrogen (secondary N) is 1. The number of amides is 1. The molecule has 1 amide bonds. The molecule has 2 unspecified atom stereocenters. The molecule has 1 aromatic rings. The number of piperidine rings is 1. The highest BCUT2D eigenvalue weighted by Gasteiger charge is 2.25. The molecule has 3 nitrogen and oxygen atoms in total. The summed E-state index contributed by atoms with van der Waals surface area (Å²) in [7, 11) is 1.88. The first-order valence-electron chi connectivity index (χ1n) is 7.55. The maximum absolute atomic E-state index is 12.5. The molecule has 0 aliphatic carbocycles. The van der Waals surface area contributed by atoms with Crippen molar-refractivity contribution in [3.63, 3.8) is 0 Å². The molecule has 1 heterocycles. The molecule has 1 aliphatic heterocycles. The van der Waals surface area contributed by atoms with Crippen LogP contribution in [0.1, 0.15) is 37.3 Å². The van der Waals surface area contributed by atoms with E-state index in [0.717, 1.165) is 12.2 Å². The Morgan fingerprint density at radius 2 is 1.95 bits per heavy atom. The van der Waals surface area contributed by atoms with Gasteiger partial charge in [-0.15, -0.1) is 0 Å². The second-order valence-electron chi connectivity index (χ2n) is 6.18. The van der Waals surface area contributed by atoms with Gasteiger partial charge in [0.2, 0.25) is 5.91 Å². The summed E-state index contributed by atoms with van der Waals surface area (Å²) in [5, 5.41) is 3.48. The highest BCUT2D eigenvalue weighted by atomic mass is 16.2. The van der Waals surface area contributed by atoms with Crippen LogP contribution in [0.3, 0.4) is 0 Å². The lowest BCUT2D eigenvalue weighted by molar-refractivity contribution is -0.119. The minimum Gasteiger partial charge on any atom is -0.315 e. The maximum Gasteiger partial charge on any atom is 0.228 e. The number of benzene rings is 1. The minimum absolute atomic E-state index is 0.196. The molecular weight excluding hydrogens is 248 g/mol. The molecule has 0 spiro atoms. The Hall–Kier alpha value is -1.35. The molecule has 1 N–H and O–H groups in total. The SMILES string of the molecule is Cc1cc(C)cc(N(C)C(=O)CC2NCCCC2C)c1. The van der Waals surface area contributed by atoms with Gasteiger partial charge in [-0.1, -0.05) is 13.0 Å². The van der Waals surface area contributed by atoms with E-state index in [1.165, 1.54) is 24.0 Å². The molecule has 0 radical (unpaired) electrons. The number of aryl methyl sites for hydroxylation is 2. The maximum atomic E-state index is 12.5. The number of anilines is 1. The lowest BCUT2D eigenvalue weighted by atomic mass is 9.90. The van der Waals surface area contributed by atoms with Gasteiger partial charge in [0.15, 0.2) is 0 Å². The molecule has 110 valence electrons. The smallest absolute Gasteiger partial charge is 0.228 e. The zero-order chi connectivity index (χ0) is 14.7. The minimum atomic E-state index is 0.196. The first kappa shape index (κ1) is 15.0. The van der Waals surface area contributed by atoms with Crippen molar-refractivity contribution in [2.45, 2.75) is 46.1 Å². The average Bonchev–Trinajstić information content (AvgIpc) is 2.39. The van der Waals surface area contributed by atoms with Gasteiger partial charge in [-0.05, 0) is 62.4 Å². The fourth-order valence-electron chi connectivity index (χ4n) is 3.00. The molecule has 3 heteroatoms. The van der Waals surface area contributed by atoms with Crippen LogP contribution in [0.4, 0.5) is 5.69 Å². The van der Waals surface area contributed by atoms with Crippen LogP contribution in [0, 0.1) is 19.8 Å². The lowest BCUT2D eigenvalue weighted by Gasteiger charge is -2.31. The van der Waals surface area contributed by atoms with Crippen molar-refractivity contribution < 1.29 is 4.79 Å². The van der Waals surface area contributed by atoms with Gasteiger partial charge in [0, 0.05) is 25.2 Å². The number of rotatable bonds is 3. The van der Waals surface area contributed by atoms with Gasteiger partial charge >= 0.3 is 0 Å². The van der Waals surface area contributed by atoms with E-state index in [1.807, 2.05) is 7.05 Å². The Balaban J connectivity index is 2.04. The van der Waals surface area contributed by atoms with Crippen LogP contribution in [0.2, 0.25) is 0 Å². The van der Waals surface area contributed by atoms with E-state index >= 15 is 0 Å². The highest BCUT2D eigenvalue weighted by molar-refractivity contribution is 5.93. The standard InChI is InChI=1S/C17H26N2O/c1-12-8-13(2)10-15(9-12)19(4)17(20)11-16-14(3)6-5-7-18-16/h8-10,14,16,18H,5-7,11H2,1-4H3. The topological polar surface area (TPSA) is 32.3 Å². The lowest BCUT2D eigenvalue weighted by Crippen LogP contribution is -2.43. The monoisotopic (exact) mass is 274 g/mol. The zero-order valence-corrected chi connectivity index (χ0v) is 13.1. The van der Waals surface area contributed by atoms with Crippen LogP contribution >= 0.6 is 0 Å². The van der Waals surface area contributed by atoms with Gasteiger partial charge in [0.05, 0.1) is 0 Å². The Morgan fingerprint density at radius 1 is 1.30 bits per heavy atom. The van der Waals surface area contributed by atoms with Gasteiger partial charge in [-0.2, -0.15) is 0 Å². The third-order valence-corrected chi connectivity index (χ3v) is 4.29. The quantitative estimate of drug-likeness (QED) is 0.919. The molecule has 1 fully saturated rings. The van der Waals surface area contributed by atoms with Crippen LogP contribution in [0.25, 0.3) is 0 Å². The molecule has 20 heavy (non-hydrogen) atoms. The van der Waals surface area contributed by atoms with Crippen molar-refractivity contribution in [3.8, 4) is 0 Å². The summed E-state index contributed by atoms with van der Waals surface area (Å²) in [5.41, 5.74) is 3.39. The first-order chi connectivity index (χ1) is 9.47. The van der Waals surface area contributed by atoms with Crippen molar-refractivity contribution in [2.75, 3.05) is 18.5 Å². The number of hydrogen-bond donors (Lipinski definition) is 1. The zero-order valence-electron chi connectivity index (χ0n) is 13.1. The molecule has 2 rings (SSSR count). The van der Waals surface area contributed by atoms with Gasteiger partial charge in [0.25, 0.3) is 0 Å². The second-order valence-corrected chi connectivity index (χ2v) is 6.18. The molecule has 0 bridgehead atoms. The van der Waals surface area contributed by atoms with Crippen LogP contribution in [0.5, 0.6) is 0 Å². The Morgan fingerprint density at radius 3 is 2.55 bits per heavy atom.